The lowest BCUT2D eigenvalue weighted by Crippen LogP contribution is -2.31. The molecular weight excluding hydrogens is 565 g/mol. The SMILES string of the molecule is NC[C@H]1OB2OCCOc3ccc(Br)c1c32.NC[C@H]1OB2OCCOc3ccc(Cl)c1c32.S.S. The molecule has 0 aliphatic carbocycles. The lowest BCUT2D eigenvalue weighted by molar-refractivity contribution is 0.147. The van der Waals surface area contributed by atoms with Crippen LogP contribution in [0.4, 0.5) is 0 Å². The Morgan fingerprint density at radius 3 is 1.85 bits per heavy atom. The first-order chi connectivity index (χ1) is 15.6. The van der Waals surface area contributed by atoms with Crippen molar-refractivity contribution >= 4 is 79.7 Å². The molecule has 184 valence electrons. The van der Waals surface area contributed by atoms with Crippen molar-refractivity contribution in [1.82, 2.24) is 0 Å². The van der Waals surface area contributed by atoms with Crippen molar-refractivity contribution in [2.75, 3.05) is 39.5 Å². The first-order valence-electron chi connectivity index (χ1n) is 10.5. The fourth-order valence-corrected chi connectivity index (χ4v) is 5.24. The van der Waals surface area contributed by atoms with Gasteiger partial charge in [-0.25, -0.2) is 0 Å². The molecule has 4 N–H and O–H groups in total. The van der Waals surface area contributed by atoms with Crippen LogP contribution in [0.2, 0.25) is 5.02 Å². The van der Waals surface area contributed by atoms with Crippen LogP contribution in [0.1, 0.15) is 23.3 Å². The second-order valence-electron chi connectivity index (χ2n) is 7.57. The summed E-state index contributed by atoms with van der Waals surface area (Å²) >= 11 is 9.69. The van der Waals surface area contributed by atoms with Crippen molar-refractivity contribution in [3.05, 3.63) is 44.9 Å². The topological polar surface area (TPSA) is 107 Å². The third kappa shape index (κ3) is 5.10. The van der Waals surface area contributed by atoms with Gasteiger partial charge in [0.25, 0.3) is 0 Å². The van der Waals surface area contributed by atoms with E-state index in [0.717, 1.165) is 38.0 Å². The highest BCUT2D eigenvalue weighted by molar-refractivity contribution is 9.10. The number of rotatable bonds is 2. The molecule has 4 heterocycles. The number of ether oxygens (including phenoxy) is 2. The summed E-state index contributed by atoms with van der Waals surface area (Å²) in [6.45, 7) is 2.95. The van der Waals surface area contributed by atoms with Crippen LogP contribution in [-0.2, 0) is 18.6 Å². The molecule has 0 spiro atoms. The van der Waals surface area contributed by atoms with E-state index in [1.54, 1.807) is 0 Å². The summed E-state index contributed by atoms with van der Waals surface area (Å²) in [6.07, 6.45) is -0.315. The van der Waals surface area contributed by atoms with Gasteiger partial charge in [-0.15, -0.1) is 0 Å². The summed E-state index contributed by atoms with van der Waals surface area (Å²) in [5.41, 5.74) is 15.2. The average Bonchev–Trinajstić information content (AvgIpc) is 3.22. The van der Waals surface area contributed by atoms with Crippen LogP contribution < -0.4 is 31.9 Å². The van der Waals surface area contributed by atoms with E-state index >= 15 is 0 Å². The van der Waals surface area contributed by atoms with E-state index in [0.29, 0.717) is 44.5 Å². The summed E-state index contributed by atoms with van der Waals surface area (Å²) in [6, 6.07) is 7.57. The molecule has 4 aliphatic rings. The van der Waals surface area contributed by atoms with Crippen molar-refractivity contribution in [3.63, 3.8) is 0 Å². The van der Waals surface area contributed by atoms with Gasteiger partial charge in [0.05, 0.1) is 25.4 Å². The third-order valence-corrected chi connectivity index (χ3v) is 6.75. The minimum absolute atomic E-state index is 0. The van der Waals surface area contributed by atoms with E-state index in [4.69, 9.17) is 51.2 Å². The Morgan fingerprint density at radius 1 is 0.794 bits per heavy atom. The molecule has 0 bridgehead atoms. The van der Waals surface area contributed by atoms with Crippen molar-refractivity contribution in [3.8, 4) is 11.5 Å². The Labute approximate surface area is 226 Å². The number of halogens is 2. The van der Waals surface area contributed by atoms with Gasteiger partial charge in [-0.05, 0) is 29.8 Å². The van der Waals surface area contributed by atoms with Gasteiger partial charge in [0, 0.05) is 39.1 Å². The van der Waals surface area contributed by atoms with Crippen LogP contribution in [0.25, 0.3) is 0 Å². The van der Waals surface area contributed by atoms with Crippen LogP contribution in [0.15, 0.2) is 28.7 Å². The van der Waals surface area contributed by atoms with Crippen LogP contribution in [0.5, 0.6) is 11.5 Å². The van der Waals surface area contributed by atoms with Crippen molar-refractivity contribution in [2.45, 2.75) is 12.2 Å². The highest BCUT2D eigenvalue weighted by atomic mass is 79.9. The molecule has 0 amide bonds. The van der Waals surface area contributed by atoms with Crippen LogP contribution in [-0.4, -0.2) is 53.8 Å². The van der Waals surface area contributed by atoms with Crippen molar-refractivity contribution in [2.24, 2.45) is 11.5 Å². The predicted octanol–water partition coefficient (Wildman–Crippen LogP) is 1.28. The molecule has 0 unspecified atom stereocenters. The van der Waals surface area contributed by atoms with E-state index in [1.165, 1.54) is 0 Å². The molecule has 4 aliphatic heterocycles. The molecule has 2 aromatic carbocycles. The molecule has 0 radical (unpaired) electrons. The number of hydrogen-bond acceptors (Lipinski definition) is 8. The van der Waals surface area contributed by atoms with Crippen LogP contribution in [0.3, 0.4) is 0 Å². The van der Waals surface area contributed by atoms with E-state index in [2.05, 4.69) is 15.9 Å². The third-order valence-electron chi connectivity index (χ3n) is 5.73. The van der Waals surface area contributed by atoms with E-state index < -0.39 is 0 Å². The molecular formula is C20H26B2BrClN2O6S2. The fourth-order valence-electron chi connectivity index (χ4n) is 4.35. The number of hydrogen-bond donors (Lipinski definition) is 2. The normalized spacial score (nSPS) is 21.3. The van der Waals surface area contributed by atoms with Crippen molar-refractivity contribution in [1.29, 1.82) is 0 Å². The zero-order valence-corrected chi connectivity index (χ0v) is 22.6. The number of nitrogens with two attached hydrogens (primary N) is 2. The maximum Gasteiger partial charge on any atom is 0.498 e. The highest BCUT2D eigenvalue weighted by Gasteiger charge is 2.43. The average molecular weight is 592 g/mol. The van der Waals surface area contributed by atoms with E-state index in [1.807, 2.05) is 24.3 Å². The maximum absolute atomic E-state index is 6.17. The zero-order valence-electron chi connectivity index (χ0n) is 18.2. The number of benzene rings is 2. The Hall–Kier alpha value is -0.600. The molecule has 34 heavy (non-hydrogen) atoms. The molecule has 2 aromatic rings. The van der Waals surface area contributed by atoms with Gasteiger partial charge < -0.3 is 39.6 Å². The molecule has 8 nitrogen and oxygen atoms in total. The minimum atomic E-state index is -0.389. The van der Waals surface area contributed by atoms with Gasteiger partial charge in [0.1, 0.15) is 24.7 Å². The molecule has 0 fully saturated rings. The Bertz CT molecular complexity index is 950. The van der Waals surface area contributed by atoms with E-state index in [-0.39, 0.29) is 53.4 Å². The highest BCUT2D eigenvalue weighted by Crippen LogP contribution is 2.35. The second-order valence-corrected chi connectivity index (χ2v) is 8.83. The van der Waals surface area contributed by atoms with Gasteiger partial charge in [-0.2, -0.15) is 27.0 Å². The monoisotopic (exact) mass is 590 g/mol. The van der Waals surface area contributed by atoms with Crippen molar-refractivity contribution < 1.29 is 28.1 Å². The zero-order chi connectivity index (χ0) is 22.2. The van der Waals surface area contributed by atoms with Gasteiger partial charge >= 0.3 is 14.2 Å². The quantitative estimate of drug-likeness (QED) is 0.504. The van der Waals surface area contributed by atoms with Crippen LogP contribution >= 0.6 is 54.5 Å². The molecule has 0 saturated carbocycles. The Morgan fingerprint density at radius 2 is 1.29 bits per heavy atom. The summed E-state index contributed by atoms with van der Waals surface area (Å²) < 4.78 is 34.8. The fraction of sp³-hybridized carbons (Fsp3) is 0.400. The molecule has 0 aromatic heterocycles. The lowest BCUT2D eigenvalue weighted by atomic mass is 9.78. The van der Waals surface area contributed by atoms with E-state index in [9.17, 15) is 0 Å². The van der Waals surface area contributed by atoms with Gasteiger partial charge in [0.15, 0.2) is 0 Å². The Kier molecular flexibility index (Phi) is 9.95. The molecule has 2 atom stereocenters. The lowest BCUT2D eigenvalue weighted by Gasteiger charge is -2.13. The van der Waals surface area contributed by atoms with Gasteiger partial charge in [0.2, 0.25) is 0 Å². The second kappa shape index (κ2) is 12.1. The Balaban J connectivity index is 0.000000180. The summed E-state index contributed by atoms with van der Waals surface area (Å²) in [7, 11) is -0.724. The smallest absolute Gasteiger partial charge is 0.492 e. The predicted molar refractivity (Wildman–Crippen MR) is 146 cm³/mol. The first-order valence-corrected chi connectivity index (χ1v) is 11.6. The van der Waals surface area contributed by atoms with Gasteiger partial charge in [-0.1, -0.05) is 27.5 Å². The van der Waals surface area contributed by atoms with Gasteiger partial charge in [-0.3, -0.25) is 0 Å². The first kappa shape index (κ1) is 28.0. The molecule has 6 rings (SSSR count). The standard InChI is InChI=1S/C10H11BBrNO3.C10H11BClNO3.2H2S/c2*12-6-1-2-7-10-9(6)8(5-13)16-11(10)15-4-3-14-7;;/h2*1-2,8H,3-5,13H2;2*1H2/t2*8-;;/m11../s1. The summed E-state index contributed by atoms with van der Waals surface area (Å²) in [5.74, 6) is 1.63. The maximum atomic E-state index is 6.17. The molecule has 14 heteroatoms. The minimum Gasteiger partial charge on any atom is -0.492 e. The molecule has 0 saturated heterocycles. The summed E-state index contributed by atoms with van der Waals surface area (Å²) in [5, 5.41) is 0.658. The largest absolute Gasteiger partial charge is 0.498 e. The van der Waals surface area contributed by atoms with Crippen LogP contribution in [0, 0.1) is 0 Å². The summed E-state index contributed by atoms with van der Waals surface area (Å²) in [4.78, 5) is 0.